The summed E-state index contributed by atoms with van der Waals surface area (Å²) >= 11 is 3.40. The second kappa shape index (κ2) is 11.0. The molecule has 1 aliphatic rings. The van der Waals surface area contributed by atoms with E-state index in [1.807, 2.05) is 91.9 Å². The van der Waals surface area contributed by atoms with Crippen LogP contribution in [0.3, 0.4) is 0 Å². The van der Waals surface area contributed by atoms with Crippen LogP contribution in [0.25, 0.3) is 0 Å². The Kier molecular flexibility index (Phi) is 7.32. The number of carbonyl (C=O) groups excluding carboxylic acids is 2. The highest BCUT2D eigenvalue weighted by atomic mass is 79.9. The van der Waals surface area contributed by atoms with Crippen LogP contribution in [-0.4, -0.2) is 17.5 Å². The number of amides is 2. The lowest BCUT2D eigenvalue weighted by atomic mass is 9.90. The summed E-state index contributed by atoms with van der Waals surface area (Å²) in [6, 6.07) is 26.7. The quantitative estimate of drug-likeness (QED) is 0.263. The van der Waals surface area contributed by atoms with Gasteiger partial charge in [0, 0.05) is 27.7 Å². The molecule has 0 saturated carbocycles. The molecule has 6 nitrogen and oxygen atoms in total. The molecule has 0 atom stereocenters. The van der Waals surface area contributed by atoms with Crippen LogP contribution in [0.5, 0.6) is 0 Å². The molecule has 0 fully saturated rings. The molecular weight excluding hydrogens is 530 g/mol. The summed E-state index contributed by atoms with van der Waals surface area (Å²) in [5.41, 5.74) is 7.51. The van der Waals surface area contributed by atoms with Crippen LogP contribution >= 0.6 is 15.9 Å². The van der Waals surface area contributed by atoms with Gasteiger partial charge >= 0.3 is 0 Å². The molecule has 1 aromatic heterocycles. The summed E-state index contributed by atoms with van der Waals surface area (Å²) in [4.78, 5) is 26.4. The van der Waals surface area contributed by atoms with Crippen molar-refractivity contribution >= 4 is 39.1 Å². The highest BCUT2D eigenvalue weighted by molar-refractivity contribution is 9.10. The first-order valence-electron chi connectivity index (χ1n) is 12.2. The Bertz CT molecular complexity index is 1410. The Morgan fingerprint density at radius 3 is 2.14 bits per heavy atom. The molecule has 5 rings (SSSR count). The second-order valence-corrected chi connectivity index (χ2v) is 9.87. The number of hydrogen-bond acceptors (Lipinski definition) is 4. The summed E-state index contributed by atoms with van der Waals surface area (Å²) in [6.07, 6.45) is 2.22. The number of hydrogen-bond donors (Lipinski definition) is 2. The van der Waals surface area contributed by atoms with E-state index in [9.17, 15) is 9.59 Å². The number of carbonyl (C=O) groups is 2. The first-order chi connectivity index (χ1) is 18.0. The van der Waals surface area contributed by atoms with E-state index in [1.165, 1.54) is 0 Å². The number of benzene rings is 3. The number of aryl methyl sites for hydroxylation is 1. The molecule has 0 radical (unpaired) electrons. The van der Waals surface area contributed by atoms with Crippen molar-refractivity contribution in [2.75, 3.05) is 5.32 Å². The molecular formula is C30H26BrN3O3. The van der Waals surface area contributed by atoms with E-state index in [0.29, 0.717) is 18.5 Å². The predicted molar refractivity (Wildman–Crippen MR) is 148 cm³/mol. The third-order valence-electron chi connectivity index (χ3n) is 6.46. The topological polar surface area (TPSA) is 83.7 Å². The van der Waals surface area contributed by atoms with E-state index in [4.69, 9.17) is 4.42 Å². The maximum atomic E-state index is 13.4. The summed E-state index contributed by atoms with van der Waals surface area (Å²) in [5.74, 6) is -0.0367. The Balaban J connectivity index is 1.40. The van der Waals surface area contributed by atoms with E-state index in [0.717, 1.165) is 44.6 Å². The molecule has 1 heterocycles. The summed E-state index contributed by atoms with van der Waals surface area (Å²) in [5, 5.41) is 7.43. The van der Waals surface area contributed by atoms with Gasteiger partial charge in [-0.05, 0) is 55.2 Å². The molecule has 0 bridgehead atoms. The maximum absolute atomic E-state index is 13.4. The fraction of sp³-hybridized carbons (Fsp3) is 0.167. The fourth-order valence-corrected chi connectivity index (χ4v) is 4.96. The second-order valence-electron chi connectivity index (χ2n) is 8.96. The molecule has 3 aromatic carbocycles. The maximum Gasteiger partial charge on any atom is 0.291 e. The van der Waals surface area contributed by atoms with Gasteiger partial charge in [0.2, 0.25) is 0 Å². The summed E-state index contributed by atoms with van der Waals surface area (Å²) in [6.45, 7) is 1.86. The van der Waals surface area contributed by atoms with Crippen LogP contribution in [-0.2, 0) is 11.2 Å². The van der Waals surface area contributed by atoms with Gasteiger partial charge in [-0.3, -0.25) is 9.59 Å². The van der Waals surface area contributed by atoms with Crippen LogP contribution in [0.1, 0.15) is 57.3 Å². The summed E-state index contributed by atoms with van der Waals surface area (Å²) in [7, 11) is 0. The zero-order valence-corrected chi connectivity index (χ0v) is 21.9. The third kappa shape index (κ3) is 5.42. The van der Waals surface area contributed by atoms with Crippen LogP contribution < -0.4 is 10.7 Å². The number of hydrazone groups is 1. The molecule has 0 aliphatic heterocycles. The van der Waals surface area contributed by atoms with Crippen LogP contribution in [0.15, 0.2) is 98.9 Å². The first kappa shape index (κ1) is 24.7. The lowest BCUT2D eigenvalue weighted by Gasteiger charge is -2.18. The average Bonchev–Trinajstić information content (AvgIpc) is 3.27. The minimum atomic E-state index is -0.493. The van der Waals surface area contributed by atoms with Gasteiger partial charge in [-0.25, -0.2) is 5.43 Å². The zero-order chi connectivity index (χ0) is 25.8. The van der Waals surface area contributed by atoms with E-state index >= 15 is 0 Å². The van der Waals surface area contributed by atoms with Crippen molar-refractivity contribution in [1.29, 1.82) is 0 Å². The smallest absolute Gasteiger partial charge is 0.291 e. The number of nitrogens with zero attached hydrogens (tertiary/aromatic N) is 1. The number of rotatable bonds is 6. The van der Waals surface area contributed by atoms with Crippen molar-refractivity contribution in [2.45, 2.75) is 32.1 Å². The highest BCUT2D eigenvalue weighted by Crippen LogP contribution is 2.31. The number of halogens is 1. The standard InChI is InChI=1S/C30H26BrN3O3/c1-19-26-24(13-8-14-25(26)37-28(19)30(36)32-23-17-15-22(31)16-18-23)33-34-29(35)27(20-9-4-2-5-10-20)21-11-6-3-7-12-21/h2-7,9-12,15-18,27H,8,13-14H2,1H3,(H,32,36)(H,34,35)/b33-24+. The molecule has 37 heavy (non-hydrogen) atoms. The Hall–Kier alpha value is -3.97. The van der Waals surface area contributed by atoms with Crippen molar-refractivity contribution in [2.24, 2.45) is 5.10 Å². The van der Waals surface area contributed by atoms with E-state index in [-0.39, 0.29) is 17.6 Å². The number of fused-ring (bicyclic) bond motifs is 1. The summed E-state index contributed by atoms with van der Waals surface area (Å²) < 4.78 is 6.93. The van der Waals surface area contributed by atoms with Crippen molar-refractivity contribution in [3.05, 3.63) is 123 Å². The van der Waals surface area contributed by atoms with Gasteiger partial charge < -0.3 is 9.73 Å². The molecule has 2 amide bonds. The SMILES string of the molecule is Cc1c(C(=O)Nc2ccc(Br)cc2)oc2c1/C(=N/NC(=O)C(c1ccccc1)c1ccccc1)CCC2. The average molecular weight is 556 g/mol. The minimum Gasteiger partial charge on any atom is -0.455 e. The van der Waals surface area contributed by atoms with Crippen molar-refractivity contribution in [1.82, 2.24) is 5.43 Å². The first-order valence-corrected chi connectivity index (χ1v) is 13.0. The van der Waals surface area contributed by atoms with E-state index in [1.54, 1.807) is 0 Å². The Labute approximate surface area is 223 Å². The van der Waals surface area contributed by atoms with Gasteiger partial charge in [0.15, 0.2) is 5.76 Å². The van der Waals surface area contributed by atoms with Crippen molar-refractivity contribution in [3.63, 3.8) is 0 Å². The van der Waals surface area contributed by atoms with E-state index < -0.39 is 5.92 Å². The lowest BCUT2D eigenvalue weighted by Crippen LogP contribution is -2.28. The number of anilines is 1. The molecule has 0 unspecified atom stereocenters. The van der Waals surface area contributed by atoms with Gasteiger partial charge in [-0.15, -0.1) is 0 Å². The van der Waals surface area contributed by atoms with Crippen LogP contribution in [0, 0.1) is 6.92 Å². The fourth-order valence-electron chi connectivity index (χ4n) is 4.69. The monoisotopic (exact) mass is 555 g/mol. The zero-order valence-electron chi connectivity index (χ0n) is 20.3. The highest BCUT2D eigenvalue weighted by Gasteiger charge is 2.29. The molecule has 0 saturated heterocycles. The molecule has 186 valence electrons. The number of nitrogens with one attached hydrogen (secondary N) is 2. The normalized spacial score (nSPS) is 13.9. The van der Waals surface area contributed by atoms with Gasteiger partial charge in [0.05, 0.1) is 11.6 Å². The largest absolute Gasteiger partial charge is 0.455 e. The molecule has 1 aliphatic carbocycles. The van der Waals surface area contributed by atoms with Gasteiger partial charge in [0.25, 0.3) is 11.8 Å². The number of furan rings is 1. The van der Waals surface area contributed by atoms with Crippen molar-refractivity contribution < 1.29 is 14.0 Å². The van der Waals surface area contributed by atoms with Gasteiger partial charge in [-0.2, -0.15) is 5.10 Å². The predicted octanol–water partition coefficient (Wildman–Crippen LogP) is 6.59. The van der Waals surface area contributed by atoms with Crippen molar-refractivity contribution in [3.8, 4) is 0 Å². The molecule has 2 N–H and O–H groups in total. The Morgan fingerprint density at radius 1 is 0.892 bits per heavy atom. The molecule has 0 spiro atoms. The Morgan fingerprint density at radius 2 is 1.51 bits per heavy atom. The van der Waals surface area contributed by atoms with Crippen LogP contribution in [0.2, 0.25) is 0 Å². The van der Waals surface area contributed by atoms with Gasteiger partial charge in [-0.1, -0.05) is 76.6 Å². The van der Waals surface area contributed by atoms with Gasteiger partial charge in [0.1, 0.15) is 5.76 Å². The molecule has 4 aromatic rings. The minimum absolute atomic E-state index is 0.216. The molecule has 7 heteroatoms. The van der Waals surface area contributed by atoms with E-state index in [2.05, 4.69) is 31.8 Å². The van der Waals surface area contributed by atoms with Crippen LogP contribution in [0.4, 0.5) is 5.69 Å². The lowest BCUT2D eigenvalue weighted by molar-refractivity contribution is -0.121. The third-order valence-corrected chi connectivity index (χ3v) is 6.99.